The lowest BCUT2D eigenvalue weighted by Crippen LogP contribution is -2.55. The zero-order valence-electron chi connectivity index (χ0n) is 19.9. The molecule has 1 fully saturated rings. The molecule has 2 amide bonds. The minimum absolute atomic E-state index is 0.00171. The molecule has 7 nitrogen and oxygen atoms in total. The Balaban J connectivity index is 1.56. The highest BCUT2D eigenvalue weighted by Gasteiger charge is 2.29. The maximum absolute atomic E-state index is 13.0. The van der Waals surface area contributed by atoms with Gasteiger partial charge in [0.2, 0.25) is 11.8 Å². The standard InChI is InChI=1S/C25H27Cl2N5O2S/c1-4-22(33)31-12-11-30(14-17(31)3)23(34)15-35-25-29-28-24(18-7-5-16(2)6-8-18)32(25)19-9-10-20(26)21(27)13-19/h5-10,13,17H,4,11-12,14-15H2,1-3H3. The van der Waals surface area contributed by atoms with Crippen molar-refractivity contribution in [2.24, 2.45) is 0 Å². The molecule has 35 heavy (non-hydrogen) atoms. The molecule has 4 rings (SSSR count). The van der Waals surface area contributed by atoms with E-state index in [0.29, 0.717) is 47.1 Å². The molecular formula is C25H27Cl2N5O2S. The van der Waals surface area contributed by atoms with Crippen molar-refractivity contribution in [2.75, 3.05) is 25.4 Å². The Morgan fingerprint density at radius 3 is 2.43 bits per heavy atom. The number of aryl methyl sites for hydroxylation is 1. The van der Waals surface area contributed by atoms with Crippen LogP contribution in [-0.2, 0) is 9.59 Å². The Morgan fingerprint density at radius 1 is 1.03 bits per heavy atom. The number of nitrogens with zero attached hydrogens (tertiary/aromatic N) is 5. The molecule has 184 valence electrons. The predicted octanol–water partition coefficient (Wildman–Crippen LogP) is 5.11. The van der Waals surface area contributed by atoms with Gasteiger partial charge in [0, 0.05) is 37.7 Å². The van der Waals surface area contributed by atoms with Crippen molar-refractivity contribution < 1.29 is 9.59 Å². The fourth-order valence-corrected chi connectivity index (χ4v) is 5.23. The highest BCUT2D eigenvalue weighted by molar-refractivity contribution is 7.99. The van der Waals surface area contributed by atoms with Gasteiger partial charge in [-0.05, 0) is 32.0 Å². The summed E-state index contributed by atoms with van der Waals surface area (Å²) >= 11 is 13.8. The largest absolute Gasteiger partial charge is 0.338 e. The number of benzene rings is 2. The van der Waals surface area contributed by atoms with Gasteiger partial charge in [-0.15, -0.1) is 10.2 Å². The van der Waals surface area contributed by atoms with Crippen LogP contribution in [0.4, 0.5) is 0 Å². The molecule has 0 spiro atoms. The molecule has 1 saturated heterocycles. The second-order valence-electron chi connectivity index (χ2n) is 8.52. The Bertz CT molecular complexity index is 1230. The zero-order valence-corrected chi connectivity index (χ0v) is 22.2. The van der Waals surface area contributed by atoms with Crippen molar-refractivity contribution in [2.45, 2.75) is 38.4 Å². The second-order valence-corrected chi connectivity index (χ2v) is 10.3. The Kier molecular flexibility index (Phi) is 8.04. The van der Waals surface area contributed by atoms with Crippen molar-refractivity contribution >= 4 is 46.8 Å². The minimum atomic E-state index is -0.00171. The summed E-state index contributed by atoms with van der Waals surface area (Å²) < 4.78 is 1.89. The first-order chi connectivity index (χ1) is 16.8. The van der Waals surface area contributed by atoms with Crippen LogP contribution in [0.5, 0.6) is 0 Å². The fraction of sp³-hybridized carbons (Fsp3) is 0.360. The molecule has 10 heteroatoms. The van der Waals surface area contributed by atoms with Gasteiger partial charge >= 0.3 is 0 Å². The first-order valence-electron chi connectivity index (χ1n) is 11.5. The Hall–Kier alpha value is -2.55. The minimum Gasteiger partial charge on any atom is -0.338 e. The summed E-state index contributed by atoms with van der Waals surface area (Å²) in [5, 5.41) is 10.3. The van der Waals surface area contributed by atoms with Crippen molar-refractivity contribution in [1.82, 2.24) is 24.6 Å². The smallest absolute Gasteiger partial charge is 0.233 e. The molecule has 1 unspecified atom stereocenters. The highest BCUT2D eigenvalue weighted by atomic mass is 35.5. The van der Waals surface area contributed by atoms with E-state index in [1.54, 1.807) is 12.1 Å². The SMILES string of the molecule is CCC(=O)N1CCN(C(=O)CSc2nnc(-c3ccc(C)cc3)n2-c2ccc(Cl)c(Cl)c2)CC1C. The summed E-state index contributed by atoms with van der Waals surface area (Å²) in [4.78, 5) is 28.8. The van der Waals surface area contributed by atoms with Crippen LogP contribution in [0.2, 0.25) is 10.0 Å². The normalized spacial score (nSPS) is 16.0. The summed E-state index contributed by atoms with van der Waals surface area (Å²) in [5.74, 6) is 0.990. The second kappa shape index (κ2) is 11.0. The van der Waals surface area contributed by atoms with Gasteiger partial charge in [0.05, 0.1) is 21.5 Å². The van der Waals surface area contributed by atoms with Crippen molar-refractivity contribution in [3.8, 4) is 17.1 Å². The van der Waals surface area contributed by atoms with Crippen LogP contribution in [-0.4, -0.2) is 67.8 Å². The Labute approximate surface area is 219 Å². The number of hydrogen-bond acceptors (Lipinski definition) is 5. The van der Waals surface area contributed by atoms with Crippen LogP contribution in [0, 0.1) is 6.92 Å². The zero-order chi connectivity index (χ0) is 25.1. The van der Waals surface area contributed by atoms with Crippen LogP contribution < -0.4 is 0 Å². The number of hydrogen-bond donors (Lipinski definition) is 0. The molecule has 1 aliphatic heterocycles. The van der Waals surface area contributed by atoms with Crippen LogP contribution in [0.3, 0.4) is 0 Å². The first kappa shape index (κ1) is 25.5. The monoisotopic (exact) mass is 531 g/mol. The average molecular weight is 532 g/mol. The number of aromatic nitrogens is 3. The van der Waals surface area contributed by atoms with E-state index in [1.807, 2.05) is 65.5 Å². The maximum Gasteiger partial charge on any atom is 0.233 e. The third kappa shape index (κ3) is 5.66. The van der Waals surface area contributed by atoms with Gasteiger partial charge in [0.15, 0.2) is 11.0 Å². The van der Waals surface area contributed by atoms with E-state index in [0.717, 1.165) is 16.8 Å². The summed E-state index contributed by atoms with van der Waals surface area (Å²) in [5.41, 5.74) is 2.80. The number of rotatable bonds is 6. The van der Waals surface area contributed by atoms with E-state index in [9.17, 15) is 9.59 Å². The molecule has 0 aliphatic carbocycles. The molecule has 3 aromatic rings. The van der Waals surface area contributed by atoms with Gasteiger partial charge in [0.25, 0.3) is 0 Å². The maximum atomic E-state index is 13.0. The third-order valence-corrected chi connectivity index (χ3v) is 7.68. The predicted molar refractivity (Wildman–Crippen MR) is 140 cm³/mol. The van der Waals surface area contributed by atoms with Crippen LogP contribution in [0.1, 0.15) is 25.8 Å². The third-order valence-electron chi connectivity index (χ3n) is 6.03. The van der Waals surface area contributed by atoms with Crippen molar-refractivity contribution in [1.29, 1.82) is 0 Å². The molecule has 2 heterocycles. The van der Waals surface area contributed by atoms with Crippen LogP contribution >= 0.6 is 35.0 Å². The molecule has 0 radical (unpaired) electrons. The van der Waals surface area contributed by atoms with Gasteiger partial charge in [-0.2, -0.15) is 0 Å². The van der Waals surface area contributed by atoms with Crippen LogP contribution in [0.25, 0.3) is 17.1 Å². The number of thioether (sulfide) groups is 1. The van der Waals surface area contributed by atoms with Gasteiger partial charge in [0.1, 0.15) is 0 Å². The van der Waals surface area contributed by atoms with E-state index in [4.69, 9.17) is 23.2 Å². The summed E-state index contributed by atoms with van der Waals surface area (Å²) in [6.45, 7) is 7.48. The molecule has 0 N–H and O–H groups in total. The van der Waals surface area contributed by atoms with Crippen LogP contribution in [0.15, 0.2) is 47.6 Å². The van der Waals surface area contributed by atoms with Gasteiger partial charge in [-0.25, -0.2) is 0 Å². The van der Waals surface area contributed by atoms with Crippen molar-refractivity contribution in [3.05, 3.63) is 58.1 Å². The lowest BCUT2D eigenvalue weighted by Gasteiger charge is -2.39. The molecule has 2 aromatic carbocycles. The average Bonchev–Trinajstić information content (AvgIpc) is 3.28. The van der Waals surface area contributed by atoms with Gasteiger partial charge in [-0.3, -0.25) is 14.2 Å². The number of carbonyl (C=O) groups is 2. The molecular weight excluding hydrogens is 505 g/mol. The highest BCUT2D eigenvalue weighted by Crippen LogP contribution is 2.31. The van der Waals surface area contributed by atoms with E-state index < -0.39 is 0 Å². The topological polar surface area (TPSA) is 71.3 Å². The molecule has 1 aliphatic rings. The summed E-state index contributed by atoms with van der Waals surface area (Å²) in [7, 11) is 0. The lowest BCUT2D eigenvalue weighted by atomic mass is 10.1. The number of piperazine rings is 1. The van der Waals surface area contributed by atoms with Gasteiger partial charge < -0.3 is 9.80 Å². The summed E-state index contributed by atoms with van der Waals surface area (Å²) in [6.07, 6.45) is 0.474. The Morgan fingerprint density at radius 2 is 1.77 bits per heavy atom. The molecule has 0 bridgehead atoms. The van der Waals surface area contributed by atoms with Gasteiger partial charge in [-0.1, -0.05) is 71.7 Å². The number of amides is 2. The fourth-order valence-electron chi connectivity index (χ4n) is 4.09. The number of halogens is 2. The van der Waals surface area contributed by atoms with E-state index in [2.05, 4.69) is 10.2 Å². The van der Waals surface area contributed by atoms with E-state index >= 15 is 0 Å². The van der Waals surface area contributed by atoms with Crippen molar-refractivity contribution in [3.63, 3.8) is 0 Å². The summed E-state index contributed by atoms with van der Waals surface area (Å²) in [6, 6.07) is 13.4. The van der Waals surface area contributed by atoms with E-state index in [1.165, 1.54) is 11.8 Å². The lowest BCUT2D eigenvalue weighted by molar-refractivity contribution is -0.141. The first-order valence-corrected chi connectivity index (χ1v) is 13.2. The quantitative estimate of drug-likeness (QED) is 0.413. The molecule has 0 saturated carbocycles. The molecule has 1 aromatic heterocycles. The van der Waals surface area contributed by atoms with E-state index in [-0.39, 0.29) is 23.6 Å². The molecule has 1 atom stereocenters. The number of carbonyl (C=O) groups excluding carboxylic acids is 2.